The smallest absolute Gasteiger partial charge is 0.261 e. The predicted molar refractivity (Wildman–Crippen MR) is 108 cm³/mol. The molecular formula is C20H19ClN2O3S. The Morgan fingerprint density at radius 3 is 2.56 bits per heavy atom. The molecule has 3 rings (SSSR count). The fraction of sp³-hybridized carbons (Fsp3) is 0.200. The summed E-state index contributed by atoms with van der Waals surface area (Å²) >= 11 is 6.07. The van der Waals surface area contributed by atoms with E-state index in [1.54, 1.807) is 30.5 Å². The highest BCUT2D eigenvalue weighted by atomic mass is 35.5. The van der Waals surface area contributed by atoms with Crippen molar-refractivity contribution in [2.24, 2.45) is 10.9 Å². The minimum Gasteiger partial charge on any atom is -0.293 e. The topological polar surface area (TPSA) is 75.6 Å². The SMILES string of the molecule is Cc1ccc(S(=O)(=O)Nc2ccc(Cl)cc2C(=O)C2=CC=NC[C@H]2C)cc1. The Labute approximate surface area is 163 Å². The van der Waals surface area contributed by atoms with Crippen LogP contribution < -0.4 is 4.72 Å². The second-order valence-electron chi connectivity index (χ2n) is 6.47. The summed E-state index contributed by atoms with van der Waals surface area (Å²) < 4.78 is 28.0. The predicted octanol–water partition coefficient (Wildman–Crippen LogP) is 4.28. The minimum absolute atomic E-state index is 0.0527. The minimum atomic E-state index is -3.83. The Morgan fingerprint density at radius 2 is 1.89 bits per heavy atom. The molecule has 0 radical (unpaired) electrons. The average Bonchev–Trinajstić information content (AvgIpc) is 2.63. The molecule has 0 saturated heterocycles. The summed E-state index contributed by atoms with van der Waals surface area (Å²) in [5.74, 6) is -0.319. The maximum Gasteiger partial charge on any atom is 0.261 e. The number of hydrogen-bond acceptors (Lipinski definition) is 4. The number of nitrogens with one attached hydrogen (secondary N) is 1. The van der Waals surface area contributed by atoms with E-state index in [0.717, 1.165) is 5.56 Å². The van der Waals surface area contributed by atoms with Gasteiger partial charge in [0.05, 0.1) is 10.6 Å². The number of rotatable bonds is 5. The maximum absolute atomic E-state index is 13.0. The van der Waals surface area contributed by atoms with Crippen molar-refractivity contribution in [2.75, 3.05) is 11.3 Å². The van der Waals surface area contributed by atoms with Crippen molar-refractivity contribution in [1.29, 1.82) is 0 Å². The molecule has 0 fully saturated rings. The molecule has 0 unspecified atom stereocenters. The molecule has 0 aromatic heterocycles. The van der Waals surface area contributed by atoms with Gasteiger partial charge < -0.3 is 0 Å². The van der Waals surface area contributed by atoms with Crippen LogP contribution in [-0.4, -0.2) is 27.0 Å². The molecule has 5 nitrogen and oxygen atoms in total. The van der Waals surface area contributed by atoms with Gasteiger partial charge >= 0.3 is 0 Å². The molecule has 0 aliphatic carbocycles. The zero-order valence-corrected chi connectivity index (χ0v) is 16.5. The van der Waals surface area contributed by atoms with Crippen molar-refractivity contribution in [3.63, 3.8) is 0 Å². The molecule has 0 spiro atoms. The number of aryl methyl sites for hydroxylation is 1. The van der Waals surface area contributed by atoms with Crippen LogP contribution in [0.1, 0.15) is 22.8 Å². The number of hydrogen-bond donors (Lipinski definition) is 1. The summed E-state index contributed by atoms with van der Waals surface area (Å²) in [6.07, 6.45) is 3.25. The Balaban J connectivity index is 1.99. The number of sulfonamides is 1. The molecular weight excluding hydrogens is 384 g/mol. The third-order valence-corrected chi connectivity index (χ3v) is 5.95. The van der Waals surface area contributed by atoms with Gasteiger partial charge in [-0.3, -0.25) is 14.5 Å². The van der Waals surface area contributed by atoms with Gasteiger partial charge in [0.15, 0.2) is 5.78 Å². The largest absolute Gasteiger partial charge is 0.293 e. The first-order valence-corrected chi connectivity index (χ1v) is 10.3. The summed E-state index contributed by atoms with van der Waals surface area (Å²) in [4.78, 5) is 17.3. The molecule has 0 amide bonds. The summed E-state index contributed by atoms with van der Waals surface area (Å²) in [5.41, 5.74) is 1.94. The number of halogens is 1. The Bertz CT molecular complexity index is 1040. The van der Waals surface area contributed by atoms with Gasteiger partial charge in [-0.1, -0.05) is 36.2 Å². The van der Waals surface area contributed by atoms with Crippen LogP contribution in [0.15, 0.2) is 64.0 Å². The molecule has 1 atom stereocenters. The van der Waals surface area contributed by atoms with Crippen LogP contribution in [0, 0.1) is 12.8 Å². The van der Waals surface area contributed by atoms with Crippen molar-refractivity contribution < 1.29 is 13.2 Å². The number of ketones is 1. The summed E-state index contributed by atoms with van der Waals surface area (Å²) in [6, 6.07) is 11.0. The second-order valence-corrected chi connectivity index (χ2v) is 8.59. The number of benzene rings is 2. The molecule has 2 aromatic carbocycles. The van der Waals surface area contributed by atoms with Gasteiger partial charge in [-0.05, 0) is 43.3 Å². The quantitative estimate of drug-likeness (QED) is 0.758. The lowest BCUT2D eigenvalue weighted by molar-refractivity contribution is 0.102. The lowest BCUT2D eigenvalue weighted by atomic mass is 9.91. The average molecular weight is 403 g/mol. The molecule has 2 aromatic rings. The first-order chi connectivity index (χ1) is 12.8. The lowest BCUT2D eigenvalue weighted by Gasteiger charge is -2.18. The number of carbonyl (C=O) groups excluding carboxylic acids is 1. The van der Waals surface area contributed by atoms with Gasteiger partial charge in [0.1, 0.15) is 0 Å². The van der Waals surface area contributed by atoms with Gasteiger partial charge in [-0.25, -0.2) is 8.42 Å². The molecule has 7 heteroatoms. The van der Waals surface area contributed by atoms with Crippen LogP contribution >= 0.6 is 11.6 Å². The van der Waals surface area contributed by atoms with E-state index in [1.807, 2.05) is 13.8 Å². The van der Waals surface area contributed by atoms with Crippen molar-refractivity contribution in [1.82, 2.24) is 0 Å². The number of carbonyl (C=O) groups is 1. The third-order valence-electron chi connectivity index (χ3n) is 4.33. The van der Waals surface area contributed by atoms with E-state index in [1.165, 1.54) is 24.3 Å². The summed E-state index contributed by atoms with van der Waals surface area (Å²) in [6.45, 7) is 4.30. The van der Waals surface area contributed by atoms with Gasteiger partial charge in [-0.15, -0.1) is 0 Å². The van der Waals surface area contributed by atoms with E-state index in [-0.39, 0.29) is 27.8 Å². The number of Topliss-reactive ketones (excluding diaryl/α,β-unsaturated/α-hetero) is 1. The first kappa shape index (κ1) is 19.3. The van der Waals surface area contributed by atoms with Crippen molar-refractivity contribution in [2.45, 2.75) is 18.7 Å². The van der Waals surface area contributed by atoms with E-state index in [9.17, 15) is 13.2 Å². The fourth-order valence-corrected chi connectivity index (χ4v) is 4.04. The fourth-order valence-electron chi connectivity index (χ4n) is 2.78. The van der Waals surface area contributed by atoms with E-state index in [4.69, 9.17) is 11.6 Å². The van der Waals surface area contributed by atoms with Crippen LogP contribution in [-0.2, 0) is 10.0 Å². The van der Waals surface area contributed by atoms with Crippen LogP contribution in [0.3, 0.4) is 0 Å². The number of aliphatic imine (C=N–C) groups is 1. The van der Waals surface area contributed by atoms with Gasteiger partial charge in [0.2, 0.25) is 0 Å². The van der Waals surface area contributed by atoms with E-state index >= 15 is 0 Å². The maximum atomic E-state index is 13.0. The summed E-state index contributed by atoms with van der Waals surface area (Å²) in [5, 5.41) is 0.356. The van der Waals surface area contributed by atoms with Crippen LogP contribution in [0.4, 0.5) is 5.69 Å². The van der Waals surface area contributed by atoms with E-state index in [2.05, 4.69) is 9.71 Å². The number of allylic oxidation sites excluding steroid dienone is 1. The molecule has 1 N–H and O–H groups in total. The van der Waals surface area contributed by atoms with Crippen molar-refractivity contribution in [3.05, 3.63) is 70.3 Å². The Morgan fingerprint density at radius 1 is 1.19 bits per heavy atom. The highest BCUT2D eigenvalue weighted by Crippen LogP contribution is 2.28. The number of nitrogens with zero attached hydrogens (tertiary/aromatic N) is 1. The van der Waals surface area contributed by atoms with Gasteiger partial charge in [0, 0.05) is 34.8 Å². The van der Waals surface area contributed by atoms with E-state index in [0.29, 0.717) is 17.1 Å². The molecule has 1 aliphatic rings. The van der Waals surface area contributed by atoms with E-state index < -0.39 is 10.0 Å². The molecule has 1 heterocycles. The van der Waals surface area contributed by atoms with Crippen LogP contribution in [0.25, 0.3) is 0 Å². The van der Waals surface area contributed by atoms with Crippen LogP contribution in [0.5, 0.6) is 0 Å². The third kappa shape index (κ3) is 4.28. The Hall–Kier alpha value is -2.44. The van der Waals surface area contributed by atoms with Gasteiger partial charge in [-0.2, -0.15) is 0 Å². The molecule has 0 bridgehead atoms. The first-order valence-electron chi connectivity index (χ1n) is 8.41. The second kappa shape index (κ2) is 7.66. The van der Waals surface area contributed by atoms with Crippen LogP contribution in [0.2, 0.25) is 5.02 Å². The zero-order chi connectivity index (χ0) is 19.6. The van der Waals surface area contributed by atoms with Crippen molar-refractivity contribution in [3.8, 4) is 0 Å². The van der Waals surface area contributed by atoms with Gasteiger partial charge in [0.25, 0.3) is 10.0 Å². The lowest BCUT2D eigenvalue weighted by Crippen LogP contribution is -2.20. The monoisotopic (exact) mass is 402 g/mol. The zero-order valence-electron chi connectivity index (χ0n) is 14.9. The molecule has 0 saturated carbocycles. The summed E-state index contributed by atoms with van der Waals surface area (Å²) in [7, 11) is -3.83. The standard InChI is InChI=1S/C20H19ClN2O3S/c1-13-3-6-16(7-4-13)27(25,26)23-19-8-5-15(21)11-18(19)20(24)17-9-10-22-12-14(17)2/h3-11,14,23H,12H2,1-2H3/t14-/m1/s1. The number of anilines is 1. The molecule has 1 aliphatic heterocycles. The normalized spacial score (nSPS) is 16.7. The highest BCUT2D eigenvalue weighted by Gasteiger charge is 2.24. The highest BCUT2D eigenvalue weighted by molar-refractivity contribution is 7.92. The Kier molecular flexibility index (Phi) is 5.48. The van der Waals surface area contributed by atoms with Crippen molar-refractivity contribution >= 4 is 39.3 Å². The number of dihydropyridines is 1. The molecule has 27 heavy (non-hydrogen) atoms. The molecule has 140 valence electrons.